The van der Waals surface area contributed by atoms with Gasteiger partial charge in [0.1, 0.15) is 0 Å². The Kier molecular flexibility index (Phi) is 3.10. The standard InChI is InChI=1S/C12H16N2O2/c1-8-3-4-9(2)11(5-8)14-12(15)13-6-10-7-16-10/h3-5,10H,6-7H2,1-2H3,(H2,13,14,15). The molecule has 0 bridgehead atoms. The Hall–Kier alpha value is -1.55. The van der Waals surface area contributed by atoms with Gasteiger partial charge in [-0.1, -0.05) is 12.1 Å². The maximum atomic E-state index is 11.5. The molecule has 1 aromatic carbocycles. The maximum Gasteiger partial charge on any atom is 0.319 e. The normalized spacial score (nSPS) is 18.0. The molecule has 4 nitrogen and oxygen atoms in total. The zero-order chi connectivity index (χ0) is 11.5. The van der Waals surface area contributed by atoms with E-state index >= 15 is 0 Å². The molecule has 1 aliphatic rings. The van der Waals surface area contributed by atoms with Crippen molar-refractivity contribution >= 4 is 11.7 Å². The molecule has 16 heavy (non-hydrogen) atoms. The number of nitrogens with one attached hydrogen (secondary N) is 2. The second kappa shape index (κ2) is 4.53. The fourth-order valence-corrected chi connectivity index (χ4v) is 1.43. The molecule has 0 spiro atoms. The fourth-order valence-electron chi connectivity index (χ4n) is 1.43. The summed E-state index contributed by atoms with van der Waals surface area (Å²) in [7, 11) is 0. The van der Waals surface area contributed by atoms with E-state index in [1.807, 2.05) is 32.0 Å². The first kappa shape index (κ1) is 11.0. The number of epoxide rings is 1. The summed E-state index contributed by atoms with van der Waals surface area (Å²) in [4.78, 5) is 11.5. The third kappa shape index (κ3) is 2.97. The molecule has 1 atom stereocenters. The van der Waals surface area contributed by atoms with Crippen LogP contribution in [0.15, 0.2) is 18.2 Å². The van der Waals surface area contributed by atoms with Crippen molar-refractivity contribution in [3.8, 4) is 0 Å². The van der Waals surface area contributed by atoms with Gasteiger partial charge < -0.3 is 15.4 Å². The number of aryl methyl sites for hydroxylation is 2. The van der Waals surface area contributed by atoms with Gasteiger partial charge in [-0.15, -0.1) is 0 Å². The van der Waals surface area contributed by atoms with Crippen LogP contribution in [0.25, 0.3) is 0 Å². The highest BCUT2D eigenvalue weighted by Crippen LogP contribution is 2.16. The van der Waals surface area contributed by atoms with E-state index in [-0.39, 0.29) is 12.1 Å². The van der Waals surface area contributed by atoms with Gasteiger partial charge in [-0.05, 0) is 31.0 Å². The zero-order valence-corrected chi connectivity index (χ0v) is 9.54. The van der Waals surface area contributed by atoms with Crippen LogP contribution in [-0.4, -0.2) is 25.3 Å². The van der Waals surface area contributed by atoms with Crippen molar-refractivity contribution in [2.24, 2.45) is 0 Å². The van der Waals surface area contributed by atoms with Crippen LogP contribution in [0, 0.1) is 13.8 Å². The second-order valence-electron chi connectivity index (χ2n) is 4.11. The van der Waals surface area contributed by atoms with Crippen molar-refractivity contribution in [3.63, 3.8) is 0 Å². The SMILES string of the molecule is Cc1ccc(C)c(NC(=O)NCC2CO2)c1. The van der Waals surface area contributed by atoms with E-state index in [2.05, 4.69) is 10.6 Å². The van der Waals surface area contributed by atoms with Crippen molar-refractivity contribution in [2.75, 3.05) is 18.5 Å². The van der Waals surface area contributed by atoms with E-state index in [0.717, 1.165) is 23.4 Å². The minimum atomic E-state index is -0.177. The maximum absolute atomic E-state index is 11.5. The molecular weight excluding hydrogens is 204 g/mol. The lowest BCUT2D eigenvalue weighted by molar-refractivity contribution is 0.250. The van der Waals surface area contributed by atoms with Gasteiger partial charge in [0.15, 0.2) is 0 Å². The molecule has 2 N–H and O–H groups in total. The van der Waals surface area contributed by atoms with E-state index in [1.54, 1.807) is 0 Å². The number of ether oxygens (including phenoxy) is 1. The number of hydrogen-bond donors (Lipinski definition) is 2. The van der Waals surface area contributed by atoms with Crippen molar-refractivity contribution in [2.45, 2.75) is 20.0 Å². The fraction of sp³-hybridized carbons (Fsp3) is 0.417. The minimum Gasteiger partial charge on any atom is -0.371 e. The van der Waals surface area contributed by atoms with Crippen LogP contribution in [0.1, 0.15) is 11.1 Å². The van der Waals surface area contributed by atoms with Gasteiger partial charge in [0.05, 0.1) is 12.7 Å². The molecule has 2 amide bonds. The molecular formula is C12H16N2O2. The number of carbonyl (C=O) groups excluding carboxylic acids is 1. The van der Waals surface area contributed by atoms with Crippen LogP contribution < -0.4 is 10.6 Å². The number of amides is 2. The molecule has 1 aliphatic heterocycles. The summed E-state index contributed by atoms with van der Waals surface area (Å²) in [6.07, 6.45) is 0.212. The highest BCUT2D eigenvalue weighted by molar-refractivity contribution is 5.90. The molecule has 86 valence electrons. The molecule has 2 rings (SSSR count). The number of hydrogen-bond acceptors (Lipinski definition) is 2. The third-order valence-electron chi connectivity index (χ3n) is 2.53. The summed E-state index contributed by atoms with van der Waals surface area (Å²) in [5.41, 5.74) is 3.05. The highest BCUT2D eigenvalue weighted by atomic mass is 16.6. The largest absolute Gasteiger partial charge is 0.371 e. The van der Waals surface area contributed by atoms with Gasteiger partial charge >= 0.3 is 6.03 Å². The van der Waals surface area contributed by atoms with Gasteiger partial charge in [0.2, 0.25) is 0 Å². The lowest BCUT2D eigenvalue weighted by Crippen LogP contribution is -2.32. The Morgan fingerprint density at radius 2 is 2.25 bits per heavy atom. The molecule has 1 heterocycles. The van der Waals surface area contributed by atoms with Crippen molar-refractivity contribution in [1.29, 1.82) is 0 Å². The second-order valence-corrected chi connectivity index (χ2v) is 4.11. The lowest BCUT2D eigenvalue weighted by Gasteiger charge is -2.09. The molecule has 4 heteroatoms. The molecule has 1 fully saturated rings. The third-order valence-corrected chi connectivity index (χ3v) is 2.53. The van der Waals surface area contributed by atoms with Crippen LogP contribution >= 0.6 is 0 Å². The van der Waals surface area contributed by atoms with Crippen LogP contribution in [0.3, 0.4) is 0 Å². The first-order chi connectivity index (χ1) is 7.65. The summed E-state index contributed by atoms with van der Waals surface area (Å²) in [6, 6.07) is 5.80. The Morgan fingerprint density at radius 1 is 1.50 bits per heavy atom. The van der Waals surface area contributed by atoms with Gasteiger partial charge in [-0.25, -0.2) is 4.79 Å². The van der Waals surface area contributed by atoms with Gasteiger partial charge in [-0.2, -0.15) is 0 Å². The number of rotatable bonds is 3. The molecule has 1 unspecified atom stereocenters. The number of anilines is 1. The summed E-state index contributed by atoms with van der Waals surface area (Å²) in [5, 5.41) is 5.59. The van der Waals surface area contributed by atoms with Gasteiger partial charge in [0, 0.05) is 12.2 Å². The Balaban J connectivity index is 1.91. The summed E-state index contributed by atoms with van der Waals surface area (Å²) in [6.45, 7) is 5.31. The van der Waals surface area contributed by atoms with E-state index in [4.69, 9.17) is 4.74 Å². The Bertz CT molecular complexity index is 400. The van der Waals surface area contributed by atoms with Gasteiger partial charge in [0.25, 0.3) is 0 Å². The van der Waals surface area contributed by atoms with E-state index < -0.39 is 0 Å². The molecule has 0 saturated carbocycles. The minimum absolute atomic E-state index is 0.177. The van der Waals surface area contributed by atoms with Crippen LogP contribution in [-0.2, 0) is 4.74 Å². The van der Waals surface area contributed by atoms with E-state index in [1.165, 1.54) is 0 Å². The smallest absolute Gasteiger partial charge is 0.319 e. The average molecular weight is 220 g/mol. The van der Waals surface area contributed by atoms with E-state index in [0.29, 0.717) is 6.54 Å². The molecule has 0 aromatic heterocycles. The predicted molar refractivity (Wildman–Crippen MR) is 62.7 cm³/mol. The van der Waals surface area contributed by atoms with Crippen LogP contribution in [0.5, 0.6) is 0 Å². The van der Waals surface area contributed by atoms with Crippen molar-refractivity contribution < 1.29 is 9.53 Å². The summed E-state index contributed by atoms with van der Waals surface area (Å²) in [5.74, 6) is 0. The zero-order valence-electron chi connectivity index (χ0n) is 9.54. The first-order valence-electron chi connectivity index (χ1n) is 5.39. The molecule has 0 aliphatic carbocycles. The molecule has 1 aromatic rings. The predicted octanol–water partition coefficient (Wildman–Crippen LogP) is 1.82. The lowest BCUT2D eigenvalue weighted by atomic mass is 10.1. The van der Waals surface area contributed by atoms with Gasteiger partial charge in [-0.3, -0.25) is 0 Å². The molecule has 1 saturated heterocycles. The number of urea groups is 1. The van der Waals surface area contributed by atoms with Crippen LogP contribution in [0.2, 0.25) is 0 Å². The number of benzene rings is 1. The topological polar surface area (TPSA) is 53.7 Å². The monoisotopic (exact) mass is 220 g/mol. The van der Waals surface area contributed by atoms with Crippen molar-refractivity contribution in [1.82, 2.24) is 5.32 Å². The average Bonchev–Trinajstić information content (AvgIpc) is 3.04. The highest BCUT2D eigenvalue weighted by Gasteiger charge is 2.22. The number of carbonyl (C=O) groups is 1. The Labute approximate surface area is 95.0 Å². The summed E-state index contributed by atoms with van der Waals surface area (Å²) >= 11 is 0. The quantitative estimate of drug-likeness (QED) is 0.763. The van der Waals surface area contributed by atoms with Crippen LogP contribution in [0.4, 0.5) is 10.5 Å². The Morgan fingerprint density at radius 3 is 2.94 bits per heavy atom. The first-order valence-corrected chi connectivity index (χ1v) is 5.39. The van der Waals surface area contributed by atoms with Crippen molar-refractivity contribution in [3.05, 3.63) is 29.3 Å². The molecule has 0 radical (unpaired) electrons. The summed E-state index contributed by atoms with van der Waals surface area (Å²) < 4.78 is 5.01. The van der Waals surface area contributed by atoms with E-state index in [9.17, 15) is 4.79 Å².